The monoisotopic (exact) mass is 361 g/mol. The molecule has 0 unspecified atom stereocenters. The zero-order chi connectivity index (χ0) is 19.3. The van der Waals surface area contributed by atoms with Gasteiger partial charge < -0.3 is 24.8 Å². The second-order valence-corrected chi connectivity index (χ2v) is 6.38. The fourth-order valence-corrected chi connectivity index (χ4v) is 2.45. The molecule has 1 heterocycles. The van der Waals surface area contributed by atoms with Gasteiger partial charge in [0.1, 0.15) is 12.4 Å². The van der Waals surface area contributed by atoms with Gasteiger partial charge in [-0.3, -0.25) is 4.79 Å². The number of allylic oxidation sites excluding steroid dienone is 1. The number of benzene rings is 1. The number of carbonyl (C=O) groups is 1. The molecule has 1 aromatic rings. The highest BCUT2D eigenvalue weighted by Gasteiger charge is 2.22. The lowest BCUT2D eigenvalue weighted by molar-refractivity contribution is -0.121. The largest absolute Gasteiger partial charge is 0.493 e. The van der Waals surface area contributed by atoms with Crippen LogP contribution in [0.25, 0.3) is 0 Å². The number of amides is 1. The molecule has 7 heteroatoms. The fraction of sp³-hybridized carbons (Fsp3) is 0.474. The third-order valence-electron chi connectivity index (χ3n) is 4.12. The number of nitrogens with one attached hydrogen (secondary N) is 2. The Morgan fingerprint density at radius 1 is 1.23 bits per heavy atom. The van der Waals surface area contributed by atoms with Gasteiger partial charge in [0, 0.05) is 23.4 Å². The van der Waals surface area contributed by atoms with Crippen molar-refractivity contribution in [1.29, 1.82) is 0 Å². The van der Waals surface area contributed by atoms with Crippen molar-refractivity contribution in [3.8, 4) is 11.5 Å². The summed E-state index contributed by atoms with van der Waals surface area (Å²) >= 11 is 0. The molecule has 0 aliphatic carbocycles. The lowest BCUT2D eigenvalue weighted by atomic mass is 10.1. The summed E-state index contributed by atoms with van der Waals surface area (Å²) in [5.74, 6) is 2.00. The number of aliphatic imine (C=N–C) groups is 1. The topological polar surface area (TPSA) is 81.2 Å². The first-order valence-corrected chi connectivity index (χ1v) is 8.51. The average molecular weight is 361 g/mol. The molecule has 2 rings (SSSR count). The van der Waals surface area contributed by atoms with Gasteiger partial charge in [-0.1, -0.05) is 13.8 Å². The van der Waals surface area contributed by atoms with E-state index in [9.17, 15) is 4.79 Å². The molecule has 26 heavy (non-hydrogen) atoms. The molecule has 0 bridgehead atoms. The average Bonchev–Trinajstić information content (AvgIpc) is 2.62. The first-order valence-electron chi connectivity index (χ1n) is 8.51. The number of anilines is 1. The fourth-order valence-electron chi connectivity index (χ4n) is 2.45. The first-order chi connectivity index (χ1) is 12.3. The Balaban J connectivity index is 1.99. The summed E-state index contributed by atoms with van der Waals surface area (Å²) in [5.41, 5.74) is 2.58. The minimum atomic E-state index is -0.454. The zero-order valence-electron chi connectivity index (χ0n) is 16.2. The van der Waals surface area contributed by atoms with E-state index in [1.54, 1.807) is 32.4 Å². The van der Waals surface area contributed by atoms with E-state index < -0.39 is 6.23 Å². The van der Waals surface area contributed by atoms with Crippen molar-refractivity contribution in [2.45, 2.75) is 33.9 Å². The molecule has 1 aliphatic rings. The van der Waals surface area contributed by atoms with Crippen LogP contribution < -0.4 is 20.1 Å². The lowest BCUT2D eigenvalue weighted by Crippen LogP contribution is -2.36. The summed E-state index contributed by atoms with van der Waals surface area (Å²) in [4.78, 5) is 16.8. The molecule has 0 fully saturated rings. The van der Waals surface area contributed by atoms with Crippen LogP contribution in [0.15, 0.2) is 34.5 Å². The summed E-state index contributed by atoms with van der Waals surface area (Å²) < 4.78 is 16.1. The SMILES string of the molecule is COc1ccc(NC(=O)CO[C@@H]2N=C(C(C)C)NC(C)=C2C)cc1OC. The predicted octanol–water partition coefficient (Wildman–Crippen LogP) is 2.94. The summed E-state index contributed by atoms with van der Waals surface area (Å²) in [6.45, 7) is 7.94. The highest BCUT2D eigenvalue weighted by Crippen LogP contribution is 2.29. The van der Waals surface area contributed by atoms with Crippen molar-refractivity contribution < 1.29 is 19.0 Å². The molecule has 1 atom stereocenters. The van der Waals surface area contributed by atoms with Crippen LogP contribution >= 0.6 is 0 Å². The van der Waals surface area contributed by atoms with Crippen LogP contribution in [-0.2, 0) is 9.53 Å². The van der Waals surface area contributed by atoms with Crippen LogP contribution in [0.1, 0.15) is 27.7 Å². The first kappa shape index (κ1) is 19.8. The molecular weight excluding hydrogens is 334 g/mol. The van der Waals surface area contributed by atoms with Crippen LogP contribution in [-0.4, -0.2) is 38.8 Å². The maximum absolute atomic E-state index is 12.2. The Hall–Kier alpha value is -2.54. The molecule has 1 aromatic carbocycles. The van der Waals surface area contributed by atoms with Crippen LogP contribution in [0.2, 0.25) is 0 Å². The summed E-state index contributed by atoms with van der Waals surface area (Å²) in [7, 11) is 3.11. The smallest absolute Gasteiger partial charge is 0.250 e. The second-order valence-electron chi connectivity index (χ2n) is 6.38. The molecule has 0 aromatic heterocycles. The molecule has 0 saturated carbocycles. The van der Waals surface area contributed by atoms with Gasteiger partial charge in [-0.05, 0) is 31.6 Å². The summed E-state index contributed by atoms with van der Waals surface area (Å²) in [6, 6.07) is 5.18. The molecule has 0 saturated heterocycles. The highest BCUT2D eigenvalue weighted by molar-refractivity contribution is 5.92. The van der Waals surface area contributed by atoms with Gasteiger partial charge >= 0.3 is 0 Å². The van der Waals surface area contributed by atoms with E-state index in [0.29, 0.717) is 17.2 Å². The van der Waals surface area contributed by atoms with Gasteiger partial charge in [0.05, 0.1) is 14.2 Å². The van der Waals surface area contributed by atoms with E-state index in [0.717, 1.165) is 17.1 Å². The lowest BCUT2D eigenvalue weighted by Gasteiger charge is -2.26. The van der Waals surface area contributed by atoms with Gasteiger partial charge in [0.15, 0.2) is 17.7 Å². The maximum Gasteiger partial charge on any atom is 0.250 e. The third-order valence-corrected chi connectivity index (χ3v) is 4.12. The van der Waals surface area contributed by atoms with Crippen molar-refractivity contribution in [3.05, 3.63) is 29.5 Å². The van der Waals surface area contributed by atoms with Crippen molar-refractivity contribution >= 4 is 17.4 Å². The quantitative estimate of drug-likeness (QED) is 0.780. The second kappa shape index (κ2) is 8.71. The summed E-state index contributed by atoms with van der Waals surface area (Å²) in [5, 5.41) is 6.06. The van der Waals surface area contributed by atoms with Crippen LogP contribution in [0.4, 0.5) is 5.69 Å². The summed E-state index contributed by atoms with van der Waals surface area (Å²) in [6.07, 6.45) is -0.454. The molecule has 1 amide bonds. The Kier molecular flexibility index (Phi) is 6.63. The minimum Gasteiger partial charge on any atom is -0.493 e. The van der Waals surface area contributed by atoms with Gasteiger partial charge in [-0.2, -0.15) is 0 Å². The number of carbonyl (C=O) groups excluding carboxylic acids is 1. The zero-order valence-corrected chi connectivity index (χ0v) is 16.2. The van der Waals surface area contributed by atoms with E-state index in [2.05, 4.69) is 29.5 Å². The van der Waals surface area contributed by atoms with Crippen molar-refractivity contribution in [3.63, 3.8) is 0 Å². The van der Waals surface area contributed by atoms with Gasteiger partial charge in [-0.15, -0.1) is 0 Å². The van der Waals surface area contributed by atoms with E-state index in [4.69, 9.17) is 14.2 Å². The normalized spacial score (nSPS) is 16.9. The van der Waals surface area contributed by atoms with Crippen molar-refractivity contribution in [2.24, 2.45) is 10.9 Å². The number of hydrogen-bond donors (Lipinski definition) is 2. The van der Waals surface area contributed by atoms with E-state index in [1.165, 1.54) is 0 Å². The van der Waals surface area contributed by atoms with Crippen LogP contribution in [0, 0.1) is 5.92 Å². The van der Waals surface area contributed by atoms with E-state index >= 15 is 0 Å². The van der Waals surface area contributed by atoms with Crippen molar-refractivity contribution in [1.82, 2.24) is 5.32 Å². The Morgan fingerprint density at radius 2 is 1.92 bits per heavy atom. The molecule has 0 radical (unpaired) electrons. The van der Waals surface area contributed by atoms with Crippen LogP contribution in [0.3, 0.4) is 0 Å². The Morgan fingerprint density at radius 3 is 2.54 bits per heavy atom. The molecule has 7 nitrogen and oxygen atoms in total. The minimum absolute atomic E-state index is 0.0987. The van der Waals surface area contributed by atoms with Gasteiger partial charge in [-0.25, -0.2) is 4.99 Å². The van der Waals surface area contributed by atoms with Crippen LogP contribution in [0.5, 0.6) is 11.5 Å². The number of nitrogens with zero attached hydrogens (tertiary/aromatic N) is 1. The van der Waals surface area contributed by atoms with E-state index in [-0.39, 0.29) is 18.4 Å². The predicted molar refractivity (Wildman–Crippen MR) is 102 cm³/mol. The van der Waals surface area contributed by atoms with Gasteiger partial charge in [0.25, 0.3) is 0 Å². The molecule has 142 valence electrons. The van der Waals surface area contributed by atoms with E-state index in [1.807, 2.05) is 13.8 Å². The Labute approximate surface area is 154 Å². The number of rotatable bonds is 7. The highest BCUT2D eigenvalue weighted by atomic mass is 16.5. The number of ether oxygens (including phenoxy) is 3. The maximum atomic E-state index is 12.2. The number of methoxy groups -OCH3 is 2. The number of amidine groups is 1. The molecule has 0 spiro atoms. The molecule has 2 N–H and O–H groups in total. The molecular formula is C19H27N3O4. The van der Waals surface area contributed by atoms with Gasteiger partial charge in [0.2, 0.25) is 5.91 Å². The Bertz CT molecular complexity index is 725. The number of hydrogen-bond acceptors (Lipinski definition) is 6. The van der Waals surface area contributed by atoms with Crippen molar-refractivity contribution in [2.75, 3.05) is 26.1 Å². The molecule has 1 aliphatic heterocycles. The third kappa shape index (κ3) is 4.76. The standard InChI is InChI=1S/C19H27N3O4/c1-11(2)18-20-13(4)12(3)19(22-18)26-10-17(23)21-14-7-8-15(24-5)16(9-14)25-6/h7-9,11,19H,10H2,1-6H3,(H,20,22)(H,21,23)/t19-/m0/s1.